The number of hydrogen-bond acceptors (Lipinski definition) is 6. The van der Waals surface area contributed by atoms with Gasteiger partial charge in [-0.15, -0.1) is 0 Å². The maximum atomic E-state index is 14.3. The molecule has 10 heteroatoms. The summed E-state index contributed by atoms with van der Waals surface area (Å²) in [5.41, 5.74) is 2.04. The van der Waals surface area contributed by atoms with E-state index in [0.29, 0.717) is 48.6 Å². The van der Waals surface area contributed by atoms with Crippen LogP contribution in [0.3, 0.4) is 0 Å². The lowest BCUT2D eigenvalue weighted by Crippen LogP contribution is -2.62. The minimum absolute atomic E-state index is 0.0361. The first-order valence-electron chi connectivity index (χ1n) is 15.4. The fraction of sp³-hybridized carbons (Fsp3) is 0.529. The second-order valence-corrected chi connectivity index (χ2v) is 14.5. The average Bonchev–Trinajstić information content (AvgIpc) is 3.26. The van der Waals surface area contributed by atoms with Gasteiger partial charge in [0.2, 0.25) is 5.91 Å². The van der Waals surface area contributed by atoms with Crippen molar-refractivity contribution in [2.75, 3.05) is 26.2 Å². The van der Waals surface area contributed by atoms with E-state index >= 15 is 0 Å². The number of fused-ring (bicyclic) bond motifs is 2. The van der Waals surface area contributed by atoms with Crippen LogP contribution in [-0.4, -0.2) is 64.3 Å². The van der Waals surface area contributed by atoms with Crippen LogP contribution in [0.4, 0.5) is 4.39 Å². The van der Waals surface area contributed by atoms with Gasteiger partial charge in [0.05, 0.1) is 28.8 Å². The van der Waals surface area contributed by atoms with Gasteiger partial charge < -0.3 is 19.0 Å². The number of rotatable bonds is 5. The summed E-state index contributed by atoms with van der Waals surface area (Å²) in [6.45, 7) is 13.4. The number of amides is 2. The van der Waals surface area contributed by atoms with Gasteiger partial charge in [0.25, 0.3) is 5.91 Å². The topological polar surface area (TPSA) is 93.0 Å². The molecule has 3 aromatic rings. The fourth-order valence-corrected chi connectivity index (χ4v) is 7.35. The molecule has 0 N–H and O–H groups in total. The SMILES string of the molecule is CCOC(=O)C1C2CC(C(=O)N3CCN(C(=O)c4cc5nc(-c6ccc(Cl)c(F)c6)cc(C(C)(C)C)c5o4)C(C)(C)C3)CC21. The molecule has 234 valence electrons. The maximum Gasteiger partial charge on any atom is 0.309 e. The Morgan fingerprint density at radius 1 is 1.11 bits per heavy atom. The molecule has 2 saturated carbocycles. The van der Waals surface area contributed by atoms with Gasteiger partial charge in [-0.3, -0.25) is 14.4 Å². The van der Waals surface area contributed by atoms with E-state index in [1.807, 2.05) is 52.5 Å². The third-order valence-electron chi connectivity index (χ3n) is 9.53. The molecule has 1 aromatic carbocycles. The summed E-state index contributed by atoms with van der Waals surface area (Å²) in [6, 6.07) is 8.10. The fourth-order valence-electron chi connectivity index (χ4n) is 7.23. The van der Waals surface area contributed by atoms with Gasteiger partial charge in [-0.1, -0.05) is 38.4 Å². The van der Waals surface area contributed by atoms with E-state index in [1.54, 1.807) is 17.0 Å². The molecule has 3 aliphatic rings. The van der Waals surface area contributed by atoms with Gasteiger partial charge in [-0.2, -0.15) is 0 Å². The van der Waals surface area contributed by atoms with Crippen molar-refractivity contribution < 1.29 is 27.9 Å². The van der Waals surface area contributed by atoms with E-state index < -0.39 is 11.4 Å². The van der Waals surface area contributed by atoms with Gasteiger partial charge in [-0.25, -0.2) is 9.37 Å². The van der Waals surface area contributed by atoms with Gasteiger partial charge >= 0.3 is 5.97 Å². The molecule has 2 aromatic heterocycles. The number of hydrogen-bond donors (Lipinski definition) is 0. The first-order valence-corrected chi connectivity index (χ1v) is 15.7. The van der Waals surface area contributed by atoms with E-state index in [2.05, 4.69) is 0 Å². The predicted octanol–water partition coefficient (Wildman–Crippen LogP) is 6.48. The minimum atomic E-state index is -0.634. The van der Waals surface area contributed by atoms with Crippen LogP contribution in [0.2, 0.25) is 5.02 Å². The van der Waals surface area contributed by atoms with Crippen LogP contribution in [0.15, 0.2) is 34.7 Å². The van der Waals surface area contributed by atoms with Gasteiger partial charge in [0.15, 0.2) is 11.3 Å². The first kappa shape index (κ1) is 30.6. The van der Waals surface area contributed by atoms with E-state index in [9.17, 15) is 18.8 Å². The highest BCUT2D eigenvalue weighted by Crippen LogP contribution is 2.60. The predicted molar refractivity (Wildman–Crippen MR) is 165 cm³/mol. The number of benzene rings is 1. The number of piperazine rings is 1. The molecule has 1 saturated heterocycles. The number of carbonyl (C=O) groups is 3. The summed E-state index contributed by atoms with van der Waals surface area (Å²) in [4.78, 5) is 47.9. The highest BCUT2D eigenvalue weighted by Gasteiger charge is 2.62. The van der Waals surface area contributed by atoms with Crippen LogP contribution >= 0.6 is 11.6 Å². The van der Waals surface area contributed by atoms with Crippen LogP contribution in [0.25, 0.3) is 22.4 Å². The second-order valence-electron chi connectivity index (χ2n) is 14.1. The highest BCUT2D eigenvalue weighted by atomic mass is 35.5. The van der Waals surface area contributed by atoms with E-state index in [4.69, 9.17) is 25.7 Å². The standard InChI is InChI=1S/C34H39ClFN3O5/c1-7-43-32(42)28-20-12-19(13-21(20)28)30(40)38-10-11-39(34(5,6)17-38)31(41)27-16-26-29(44-27)22(33(2,3)4)15-25(37-26)18-8-9-23(35)24(36)14-18/h8-9,14-16,19-21,28H,7,10-13,17H2,1-6H3. The number of ether oxygens (including phenoxy) is 1. The maximum absolute atomic E-state index is 14.3. The van der Waals surface area contributed by atoms with Crippen molar-refractivity contribution in [3.05, 3.63) is 52.5 Å². The minimum Gasteiger partial charge on any atom is -0.466 e. The molecule has 44 heavy (non-hydrogen) atoms. The van der Waals surface area contributed by atoms with E-state index in [0.717, 1.165) is 18.4 Å². The summed E-state index contributed by atoms with van der Waals surface area (Å²) in [5, 5.41) is 0.0361. The van der Waals surface area contributed by atoms with Crippen molar-refractivity contribution in [1.29, 1.82) is 0 Å². The Hall–Kier alpha value is -3.46. The van der Waals surface area contributed by atoms with Crippen LogP contribution in [-0.2, 0) is 19.7 Å². The number of aromatic nitrogens is 1. The van der Waals surface area contributed by atoms with E-state index in [1.165, 1.54) is 12.1 Å². The van der Waals surface area contributed by atoms with Crippen molar-refractivity contribution in [2.24, 2.45) is 23.7 Å². The lowest BCUT2D eigenvalue weighted by atomic mass is 9.86. The Kier molecular flexibility index (Phi) is 7.54. The zero-order valence-electron chi connectivity index (χ0n) is 26.1. The molecule has 6 rings (SSSR count). The Morgan fingerprint density at radius 2 is 1.82 bits per heavy atom. The van der Waals surface area contributed by atoms with Crippen LogP contribution in [0.5, 0.6) is 0 Å². The summed E-state index contributed by atoms with van der Waals surface area (Å²) >= 11 is 5.90. The molecule has 3 fully saturated rings. The molecule has 0 spiro atoms. The molecule has 1 aliphatic heterocycles. The Balaban J connectivity index is 1.19. The van der Waals surface area contributed by atoms with Crippen molar-refractivity contribution in [3.63, 3.8) is 0 Å². The largest absolute Gasteiger partial charge is 0.466 e. The van der Waals surface area contributed by atoms with Gasteiger partial charge in [0.1, 0.15) is 11.3 Å². The lowest BCUT2D eigenvalue weighted by Gasteiger charge is -2.47. The third-order valence-corrected chi connectivity index (χ3v) is 9.83. The van der Waals surface area contributed by atoms with Crippen molar-refractivity contribution in [3.8, 4) is 11.3 Å². The van der Waals surface area contributed by atoms with Crippen LogP contribution in [0, 0.1) is 29.5 Å². The number of pyridine rings is 1. The molecule has 2 unspecified atom stereocenters. The van der Waals surface area contributed by atoms with Gasteiger partial charge in [-0.05, 0) is 69.1 Å². The quantitative estimate of drug-likeness (QED) is 0.302. The lowest BCUT2D eigenvalue weighted by molar-refractivity contribution is -0.147. The first-order chi connectivity index (χ1) is 20.7. The molecule has 3 heterocycles. The zero-order chi connectivity index (χ0) is 31.7. The van der Waals surface area contributed by atoms with E-state index in [-0.39, 0.29) is 57.7 Å². The third kappa shape index (κ3) is 5.37. The smallest absolute Gasteiger partial charge is 0.309 e. The summed E-state index contributed by atoms with van der Waals surface area (Å²) in [7, 11) is 0. The second kappa shape index (κ2) is 10.9. The Morgan fingerprint density at radius 3 is 2.43 bits per heavy atom. The Bertz CT molecular complexity index is 1650. The summed E-state index contributed by atoms with van der Waals surface area (Å²) in [5.74, 6) is -0.294. The Labute approximate surface area is 261 Å². The molecule has 8 nitrogen and oxygen atoms in total. The molecule has 2 amide bonds. The number of carbonyl (C=O) groups excluding carboxylic acids is 3. The number of nitrogens with zero attached hydrogens (tertiary/aromatic N) is 3. The molecular formula is C34H39ClFN3O5. The molecule has 2 atom stereocenters. The van der Waals surface area contributed by atoms with Crippen molar-refractivity contribution in [2.45, 2.75) is 65.3 Å². The number of esters is 1. The molecule has 2 aliphatic carbocycles. The number of furan rings is 1. The average molecular weight is 624 g/mol. The molecular weight excluding hydrogens is 585 g/mol. The van der Waals surface area contributed by atoms with Crippen LogP contribution < -0.4 is 0 Å². The monoisotopic (exact) mass is 623 g/mol. The normalized spacial score (nSPS) is 24.4. The van der Waals surface area contributed by atoms with Crippen molar-refractivity contribution >= 4 is 40.5 Å². The highest BCUT2D eigenvalue weighted by molar-refractivity contribution is 6.30. The van der Waals surface area contributed by atoms with Crippen molar-refractivity contribution in [1.82, 2.24) is 14.8 Å². The summed E-state index contributed by atoms with van der Waals surface area (Å²) < 4.78 is 25.7. The summed E-state index contributed by atoms with van der Waals surface area (Å²) in [6.07, 6.45) is 1.44. The molecule has 0 radical (unpaired) electrons. The molecule has 0 bridgehead atoms. The van der Waals surface area contributed by atoms with Gasteiger partial charge in [0, 0.05) is 42.7 Å². The number of halogens is 2. The zero-order valence-corrected chi connectivity index (χ0v) is 26.8. The van der Waals surface area contributed by atoms with Crippen LogP contribution in [0.1, 0.15) is 70.5 Å².